The minimum absolute atomic E-state index is 0.0958. The molecule has 98 valence electrons. The smallest absolute Gasteiger partial charge is 0.264 e. The Morgan fingerprint density at radius 1 is 1.50 bits per heavy atom. The molecule has 1 atom stereocenters. The van der Waals surface area contributed by atoms with Crippen LogP contribution in [0.4, 0.5) is 0 Å². The Kier molecular flexibility index (Phi) is 3.68. The second-order valence-electron chi connectivity index (χ2n) is 4.47. The zero-order valence-electron chi connectivity index (χ0n) is 10.5. The van der Waals surface area contributed by atoms with Crippen molar-refractivity contribution in [3.63, 3.8) is 0 Å². The van der Waals surface area contributed by atoms with Gasteiger partial charge in [-0.3, -0.25) is 9.59 Å². The van der Waals surface area contributed by atoms with Crippen molar-refractivity contribution in [2.75, 3.05) is 19.6 Å². The number of nitrogens with zero attached hydrogens (tertiary/aromatic N) is 1. The van der Waals surface area contributed by atoms with Crippen LogP contribution in [0.5, 0.6) is 0 Å². The van der Waals surface area contributed by atoms with Crippen LogP contribution < -0.4 is 11.1 Å². The van der Waals surface area contributed by atoms with E-state index in [0.717, 1.165) is 10.4 Å². The topological polar surface area (TPSA) is 75.4 Å². The second-order valence-corrected chi connectivity index (χ2v) is 5.73. The summed E-state index contributed by atoms with van der Waals surface area (Å²) in [5.41, 5.74) is 6.44. The summed E-state index contributed by atoms with van der Waals surface area (Å²) in [4.78, 5) is 27.1. The standard InChI is InChI=1S/C12H17N3O2S/c1-7-5-10(18-8(7)2)12(17)15-4-3-14-6-9(15)11(13)16/h5,9,14H,3-4,6H2,1-2H3,(H2,13,16). The van der Waals surface area contributed by atoms with Gasteiger partial charge in [-0.1, -0.05) is 0 Å². The van der Waals surface area contributed by atoms with Crippen molar-refractivity contribution in [2.45, 2.75) is 19.9 Å². The van der Waals surface area contributed by atoms with E-state index in [9.17, 15) is 9.59 Å². The molecule has 0 spiro atoms. The van der Waals surface area contributed by atoms with Crippen molar-refractivity contribution < 1.29 is 9.59 Å². The molecule has 3 N–H and O–H groups in total. The van der Waals surface area contributed by atoms with Crippen molar-refractivity contribution in [1.82, 2.24) is 10.2 Å². The molecule has 6 heteroatoms. The molecule has 1 aromatic heterocycles. The SMILES string of the molecule is Cc1cc(C(=O)N2CCNCC2C(N)=O)sc1C. The summed E-state index contributed by atoms with van der Waals surface area (Å²) in [7, 11) is 0. The van der Waals surface area contributed by atoms with E-state index in [-0.39, 0.29) is 5.91 Å². The van der Waals surface area contributed by atoms with E-state index in [0.29, 0.717) is 24.5 Å². The average Bonchev–Trinajstić information content (AvgIpc) is 2.68. The Morgan fingerprint density at radius 2 is 2.22 bits per heavy atom. The number of aryl methyl sites for hydroxylation is 2. The van der Waals surface area contributed by atoms with Gasteiger partial charge in [0.15, 0.2) is 0 Å². The van der Waals surface area contributed by atoms with Gasteiger partial charge in [-0.25, -0.2) is 0 Å². The van der Waals surface area contributed by atoms with Crippen LogP contribution in [-0.4, -0.2) is 42.4 Å². The average molecular weight is 267 g/mol. The number of carbonyl (C=O) groups is 2. The van der Waals surface area contributed by atoms with Crippen molar-refractivity contribution in [2.24, 2.45) is 5.73 Å². The molecule has 2 rings (SSSR count). The molecule has 0 saturated carbocycles. The molecule has 1 aromatic rings. The highest BCUT2D eigenvalue weighted by atomic mass is 32.1. The number of carbonyl (C=O) groups excluding carboxylic acids is 2. The Bertz CT molecular complexity index is 464. The third kappa shape index (κ3) is 2.39. The maximum Gasteiger partial charge on any atom is 0.264 e. The van der Waals surface area contributed by atoms with Crippen LogP contribution in [-0.2, 0) is 4.79 Å². The number of piperazine rings is 1. The van der Waals surface area contributed by atoms with E-state index >= 15 is 0 Å². The fourth-order valence-electron chi connectivity index (χ4n) is 2.02. The molecule has 2 heterocycles. The summed E-state index contributed by atoms with van der Waals surface area (Å²) in [5.74, 6) is -0.554. The van der Waals surface area contributed by atoms with E-state index in [1.807, 2.05) is 19.9 Å². The zero-order valence-corrected chi connectivity index (χ0v) is 11.3. The summed E-state index contributed by atoms with van der Waals surface area (Å²) in [5, 5.41) is 3.08. The van der Waals surface area contributed by atoms with Gasteiger partial charge >= 0.3 is 0 Å². The molecule has 0 aromatic carbocycles. The predicted octanol–water partition coefficient (Wildman–Crippen LogP) is 0.264. The van der Waals surface area contributed by atoms with Crippen molar-refractivity contribution >= 4 is 23.2 Å². The molecule has 1 aliphatic heterocycles. The van der Waals surface area contributed by atoms with Crippen LogP contribution in [0.3, 0.4) is 0 Å². The van der Waals surface area contributed by atoms with Crippen molar-refractivity contribution in [3.05, 3.63) is 21.4 Å². The Balaban J connectivity index is 2.23. The number of nitrogens with two attached hydrogens (primary N) is 1. The van der Waals surface area contributed by atoms with Crippen molar-refractivity contribution in [3.8, 4) is 0 Å². The first-order valence-electron chi connectivity index (χ1n) is 5.88. The largest absolute Gasteiger partial charge is 0.368 e. The van der Waals surface area contributed by atoms with Gasteiger partial charge in [0.1, 0.15) is 6.04 Å². The van der Waals surface area contributed by atoms with Crippen LogP contribution in [0.2, 0.25) is 0 Å². The van der Waals surface area contributed by atoms with Gasteiger partial charge in [-0.2, -0.15) is 0 Å². The highest BCUT2D eigenvalue weighted by molar-refractivity contribution is 7.14. The van der Waals surface area contributed by atoms with Crippen LogP contribution in [0.15, 0.2) is 6.07 Å². The minimum Gasteiger partial charge on any atom is -0.368 e. The molecule has 2 amide bonds. The summed E-state index contributed by atoms with van der Waals surface area (Å²) in [6, 6.07) is 1.33. The number of hydrogen-bond acceptors (Lipinski definition) is 4. The quantitative estimate of drug-likeness (QED) is 0.807. The van der Waals surface area contributed by atoms with Crippen LogP contribution in [0.1, 0.15) is 20.1 Å². The molecule has 5 nitrogen and oxygen atoms in total. The van der Waals surface area contributed by atoms with Crippen LogP contribution in [0.25, 0.3) is 0 Å². The third-order valence-corrected chi connectivity index (χ3v) is 4.35. The van der Waals surface area contributed by atoms with E-state index in [4.69, 9.17) is 5.73 Å². The summed E-state index contributed by atoms with van der Waals surface area (Å²) in [6.45, 7) is 5.61. The normalized spacial score (nSPS) is 19.9. The molecular weight excluding hydrogens is 250 g/mol. The second kappa shape index (κ2) is 5.07. The predicted molar refractivity (Wildman–Crippen MR) is 70.7 cm³/mol. The Labute approximate surface area is 110 Å². The van der Waals surface area contributed by atoms with Gasteiger partial charge in [0.2, 0.25) is 5.91 Å². The summed E-state index contributed by atoms with van der Waals surface area (Å²) < 4.78 is 0. The molecule has 0 bridgehead atoms. The lowest BCUT2D eigenvalue weighted by atomic mass is 10.1. The van der Waals surface area contributed by atoms with E-state index < -0.39 is 11.9 Å². The first kappa shape index (κ1) is 13.0. The van der Waals surface area contributed by atoms with Crippen molar-refractivity contribution in [1.29, 1.82) is 0 Å². The number of primary amides is 1. The minimum atomic E-state index is -0.547. The molecule has 1 saturated heterocycles. The summed E-state index contributed by atoms with van der Waals surface area (Å²) in [6.07, 6.45) is 0. The van der Waals surface area contributed by atoms with E-state index in [1.54, 1.807) is 4.90 Å². The number of nitrogens with one attached hydrogen (secondary N) is 1. The monoisotopic (exact) mass is 267 g/mol. The molecular formula is C12H17N3O2S. The van der Waals surface area contributed by atoms with Gasteiger partial charge in [0, 0.05) is 24.5 Å². The molecule has 18 heavy (non-hydrogen) atoms. The highest BCUT2D eigenvalue weighted by Gasteiger charge is 2.31. The van der Waals surface area contributed by atoms with Gasteiger partial charge in [0.25, 0.3) is 5.91 Å². The number of amides is 2. The highest BCUT2D eigenvalue weighted by Crippen LogP contribution is 2.23. The van der Waals surface area contributed by atoms with Gasteiger partial charge < -0.3 is 16.0 Å². The maximum atomic E-state index is 12.4. The van der Waals surface area contributed by atoms with Gasteiger partial charge in [0.05, 0.1) is 4.88 Å². The zero-order chi connectivity index (χ0) is 13.3. The van der Waals surface area contributed by atoms with Gasteiger partial charge in [-0.15, -0.1) is 11.3 Å². The number of rotatable bonds is 2. The van der Waals surface area contributed by atoms with E-state index in [1.165, 1.54) is 11.3 Å². The lowest BCUT2D eigenvalue weighted by molar-refractivity contribution is -0.122. The maximum absolute atomic E-state index is 12.4. The Morgan fingerprint density at radius 3 is 2.78 bits per heavy atom. The first-order chi connectivity index (χ1) is 8.50. The fourth-order valence-corrected chi connectivity index (χ4v) is 3.01. The molecule has 1 aliphatic rings. The van der Waals surface area contributed by atoms with Crippen LogP contribution in [0, 0.1) is 13.8 Å². The molecule has 0 aliphatic carbocycles. The van der Waals surface area contributed by atoms with E-state index in [2.05, 4.69) is 5.32 Å². The lowest BCUT2D eigenvalue weighted by Gasteiger charge is -2.33. The third-order valence-electron chi connectivity index (χ3n) is 3.21. The summed E-state index contributed by atoms with van der Waals surface area (Å²) >= 11 is 1.47. The number of thiophene rings is 1. The number of hydrogen-bond donors (Lipinski definition) is 2. The lowest BCUT2D eigenvalue weighted by Crippen LogP contribution is -2.58. The first-order valence-corrected chi connectivity index (χ1v) is 6.70. The Hall–Kier alpha value is -1.40. The van der Waals surface area contributed by atoms with Crippen LogP contribution >= 0.6 is 11.3 Å². The fraction of sp³-hybridized carbons (Fsp3) is 0.500. The molecule has 0 radical (unpaired) electrons. The molecule has 1 fully saturated rings. The van der Waals surface area contributed by atoms with Gasteiger partial charge in [-0.05, 0) is 25.5 Å². The molecule has 1 unspecified atom stereocenters.